The van der Waals surface area contributed by atoms with E-state index in [1.165, 1.54) is 38.5 Å². The van der Waals surface area contributed by atoms with Crippen molar-refractivity contribution in [1.82, 2.24) is 0 Å². The summed E-state index contributed by atoms with van der Waals surface area (Å²) in [7, 11) is 0. The minimum absolute atomic E-state index is 0.0944. The zero-order chi connectivity index (χ0) is 11.6. The highest BCUT2D eigenvalue weighted by atomic mass is 16.5. The first-order chi connectivity index (χ1) is 7.83. The Kier molecular flexibility index (Phi) is 7.28. The van der Waals surface area contributed by atoms with Crippen molar-refractivity contribution in [2.75, 3.05) is 0 Å². The normalized spacial score (nSPS) is 18.1. The summed E-state index contributed by atoms with van der Waals surface area (Å²) in [4.78, 5) is 11.5. The van der Waals surface area contributed by atoms with Crippen molar-refractivity contribution in [1.29, 1.82) is 0 Å². The lowest BCUT2D eigenvalue weighted by Gasteiger charge is -2.15. The molecule has 1 aliphatic carbocycles. The number of carbonyl (C=O) groups excluding carboxylic acids is 1. The van der Waals surface area contributed by atoms with Gasteiger partial charge in [-0.1, -0.05) is 39.0 Å². The highest BCUT2D eigenvalue weighted by molar-refractivity contribution is 5.78. The van der Waals surface area contributed by atoms with Gasteiger partial charge >= 0.3 is 5.97 Å². The number of esters is 1. The molecule has 0 unspecified atom stereocenters. The van der Waals surface area contributed by atoms with Gasteiger partial charge in [0, 0.05) is 0 Å². The number of unbranched alkanes of at least 4 members (excludes halogenated alkanes) is 3. The zero-order valence-corrected chi connectivity index (χ0v) is 10.5. The van der Waals surface area contributed by atoms with E-state index in [0.717, 1.165) is 25.7 Å². The molecule has 0 aromatic heterocycles. The highest BCUT2D eigenvalue weighted by Gasteiger charge is 2.16. The first kappa shape index (κ1) is 13.5. The van der Waals surface area contributed by atoms with Gasteiger partial charge in [0.25, 0.3) is 0 Å². The Morgan fingerprint density at radius 3 is 2.50 bits per heavy atom. The molecule has 0 aliphatic heterocycles. The molecule has 1 saturated carbocycles. The van der Waals surface area contributed by atoms with Crippen molar-refractivity contribution in [3.8, 4) is 0 Å². The predicted octanol–water partition coefficient (Wildman–Crippen LogP) is 4.04. The maximum Gasteiger partial charge on any atom is 0.310 e. The smallest absolute Gasteiger partial charge is 0.310 e. The molecular weight excluding hydrogens is 200 g/mol. The molecule has 93 valence electrons. The molecule has 0 N–H and O–H groups in total. The molecule has 0 spiro atoms. The summed E-state index contributed by atoms with van der Waals surface area (Å²) in [5, 5.41) is 0. The molecule has 1 fully saturated rings. The molecular formula is C14H25O2. The Morgan fingerprint density at radius 2 is 1.88 bits per heavy atom. The van der Waals surface area contributed by atoms with Gasteiger partial charge in [-0.3, -0.25) is 4.79 Å². The quantitative estimate of drug-likeness (QED) is 0.387. The number of hydrogen-bond donors (Lipinski definition) is 0. The molecule has 0 bridgehead atoms. The fraction of sp³-hybridized carbons (Fsp3) is 0.857. The SMILES string of the molecule is CCCCC[CH]C(=O)OC1CCCCCC1. The third kappa shape index (κ3) is 6.14. The summed E-state index contributed by atoms with van der Waals surface area (Å²) in [6.07, 6.45) is 13.5. The van der Waals surface area contributed by atoms with Crippen LogP contribution in [0.2, 0.25) is 0 Å². The summed E-state index contributed by atoms with van der Waals surface area (Å²) in [6.45, 7) is 2.17. The van der Waals surface area contributed by atoms with Gasteiger partial charge in [-0.2, -0.15) is 0 Å². The van der Waals surface area contributed by atoms with E-state index in [0.29, 0.717) is 0 Å². The molecule has 0 heterocycles. The highest BCUT2D eigenvalue weighted by Crippen LogP contribution is 2.20. The number of carbonyl (C=O) groups is 1. The van der Waals surface area contributed by atoms with E-state index in [9.17, 15) is 4.79 Å². The number of ether oxygens (including phenoxy) is 1. The van der Waals surface area contributed by atoms with Crippen molar-refractivity contribution < 1.29 is 9.53 Å². The lowest BCUT2D eigenvalue weighted by Crippen LogP contribution is -2.17. The number of hydrogen-bond acceptors (Lipinski definition) is 2. The summed E-state index contributed by atoms with van der Waals surface area (Å²) < 4.78 is 5.46. The molecule has 2 heteroatoms. The van der Waals surface area contributed by atoms with Crippen LogP contribution in [0.25, 0.3) is 0 Å². The lowest BCUT2D eigenvalue weighted by atomic mass is 10.1. The fourth-order valence-electron chi connectivity index (χ4n) is 2.19. The van der Waals surface area contributed by atoms with Gasteiger partial charge in [0.15, 0.2) is 0 Å². The predicted molar refractivity (Wildman–Crippen MR) is 66.0 cm³/mol. The van der Waals surface area contributed by atoms with E-state index in [2.05, 4.69) is 6.92 Å². The lowest BCUT2D eigenvalue weighted by molar-refractivity contribution is -0.145. The molecule has 1 rings (SSSR count). The summed E-state index contributed by atoms with van der Waals surface area (Å²) in [5.41, 5.74) is 0. The molecule has 0 amide bonds. The second-order valence-electron chi connectivity index (χ2n) is 4.75. The van der Waals surface area contributed by atoms with Crippen LogP contribution >= 0.6 is 0 Å². The average Bonchev–Trinajstić information content (AvgIpc) is 2.53. The van der Waals surface area contributed by atoms with Crippen molar-refractivity contribution in [3.63, 3.8) is 0 Å². The monoisotopic (exact) mass is 225 g/mol. The minimum Gasteiger partial charge on any atom is -0.462 e. The van der Waals surface area contributed by atoms with Crippen LogP contribution in [0.1, 0.15) is 71.1 Å². The van der Waals surface area contributed by atoms with Gasteiger partial charge in [-0.25, -0.2) is 0 Å². The third-order valence-corrected chi connectivity index (χ3v) is 3.20. The van der Waals surface area contributed by atoms with Crippen LogP contribution in [0.4, 0.5) is 0 Å². The zero-order valence-electron chi connectivity index (χ0n) is 10.5. The maximum atomic E-state index is 11.5. The molecule has 1 radical (unpaired) electrons. The standard InChI is InChI=1S/C14H25O2/c1-2-3-4-9-12-14(15)16-13-10-7-5-6-8-11-13/h12-13H,2-11H2,1H3. The number of rotatable bonds is 6. The van der Waals surface area contributed by atoms with E-state index in [4.69, 9.17) is 4.74 Å². The molecule has 2 nitrogen and oxygen atoms in total. The topological polar surface area (TPSA) is 26.3 Å². The van der Waals surface area contributed by atoms with Gasteiger partial charge in [0.2, 0.25) is 0 Å². The van der Waals surface area contributed by atoms with Gasteiger partial charge in [-0.15, -0.1) is 0 Å². The maximum absolute atomic E-state index is 11.5. The molecule has 1 aliphatic rings. The molecule has 0 atom stereocenters. The Bertz CT molecular complexity index is 181. The summed E-state index contributed by atoms with van der Waals surface area (Å²) >= 11 is 0. The van der Waals surface area contributed by atoms with E-state index < -0.39 is 0 Å². The first-order valence-corrected chi connectivity index (χ1v) is 6.86. The Morgan fingerprint density at radius 1 is 1.19 bits per heavy atom. The fourth-order valence-corrected chi connectivity index (χ4v) is 2.19. The van der Waals surface area contributed by atoms with E-state index >= 15 is 0 Å². The second kappa shape index (κ2) is 8.60. The van der Waals surface area contributed by atoms with E-state index in [-0.39, 0.29) is 12.1 Å². The Labute approximate surface area is 99.8 Å². The minimum atomic E-state index is -0.0944. The van der Waals surface area contributed by atoms with Gasteiger partial charge in [0.1, 0.15) is 6.10 Å². The molecule has 16 heavy (non-hydrogen) atoms. The van der Waals surface area contributed by atoms with Crippen LogP contribution < -0.4 is 0 Å². The van der Waals surface area contributed by atoms with Crippen molar-refractivity contribution in [3.05, 3.63) is 6.42 Å². The van der Waals surface area contributed by atoms with Crippen LogP contribution in [-0.4, -0.2) is 12.1 Å². The van der Waals surface area contributed by atoms with Crippen molar-refractivity contribution in [2.24, 2.45) is 0 Å². The van der Waals surface area contributed by atoms with Gasteiger partial charge in [0.05, 0.1) is 6.42 Å². The van der Waals surface area contributed by atoms with Gasteiger partial charge < -0.3 is 4.74 Å². The van der Waals surface area contributed by atoms with E-state index in [1.54, 1.807) is 6.42 Å². The Hall–Kier alpha value is -0.530. The summed E-state index contributed by atoms with van der Waals surface area (Å²) in [5.74, 6) is -0.0944. The average molecular weight is 225 g/mol. The van der Waals surface area contributed by atoms with Crippen LogP contribution in [0, 0.1) is 6.42 Å². The largest absolute Gasteiger partial charge is 0.462 e. The van der Waals surface area contributed by atoms with E-state index in [1.807, 2.05) is 0 Å². The van der Waals surface area contributed by atoms with Crippen LogP contribution in [0.3, 0.4) is 0 Å². The molecule has 0 aromatic rings. The third-order valence-electron chi connectivity index (χ3n) is 3.20. The second-order valence-corrected chi connectivity index (χ2v) is 4.75. The molecule has 0 aromatic carbocycles. The first-order valence-electron chi connectivity index (χ1n) is 6.86. The summed E-state index contributed by atoms with van der Waals surface area (Å²) in [6, 6.07) is 0. The van der Waals surface area contributed by atoms with Crippen molar-refractivity contribution >= 4 is 5.97 Å². The molecule has 0 saturated heterocycles. The van der Waals surface area contributed by atoms with Crippen LogP contribution in [0.15, 0.2) is 0 Å². The Balaban J connectivity index is 2.07. The van der Waals surface area contributed by atoms with Crippen LogP contribution in [0.5, 0.6) is 0 Å². The van der Waals surface area contributed by atoms with Gasteiger partial charge in [-0.05, 0) is 32.1 Å². The van der Waals surface area contributed by atoms with Crippen molar-refractivity contribution in [2.45, 2.75) is 77.2 Å². The van der Waals surface area contributed by atoms with Crippen LogP contribution in [-0.2, 0) is 9.53 Å².